The average molecular weight is 311 g/mol. The summed E-state index contributed by atoms with van der Waals surface area (Å²) in [4.78, 5) is 0. The molecule has 1 aromatic rings. The number of hydrogen-bond donors (Lipinski definition) is 2. The summed E-state index contributed by atoms with van der Waals surface area (Å²) >= 11 is 11.6. The van der Waals surface area contributed by atoms with Gasteiger partial charge in [-0.05, 0) is 31.2 Å². The largest absolute Gasteiger partial charge is 0.316 e. The van der Waals surface area contributed by atoms with Gasteiger partial charge in [-0.15, -0.1) is 0 Å². The number of hydrogen-bond acceptors (Lipinski definition) is 3. The minimum absolute atomic E-state index is 0.0110. The van der Waals surface area contributed by atoms with Crippen molar-refractivity contribution < 1.29 is 8.42 Å². The molecular weight excluding hydrogens is 295 g/mol. The summed E-state index contributed by atoms with van der Waals surface area (Å²) in [5.41, 5.74) is 0.378. The van der Waals surface area contributed by atoms with E-state index >= 15 is 0 Å². The molecule has 0 radical (unpaired) electrons. The van der Waals surface area contributed by atoms with Crippen LogP contribution in [-0.2, 0) is 10.0 Å². The van der Waals surface area contributed by atoms with Crippen LogP contribution in [-0.4, -0.2) is 27.3 Å². The zero-order valence-corrected chi connectivity index (χ0v) is 12.4. The first-order chi connectivity index (χ1) is 8.43. The van der Waals surface area contributed by atoms with E-state index in [4.69, 9.17) is 23.2 Å². The van der Waals surface area contributed by atoms with Gasteiger partial charge in [0.05, 0.1) is 11.4 Å². The van der Waals surface area contributed by atoms with Crippen LogP contribution in [0.1, 0.15) is 13.3 Å². The molecule has 1 aromatic carbocycles. The lowest BCUT2D eigenvalue weighted by atomic mass is 10.3. The maximum absolute atomic E-state index is 11.7. The van der Waals surface area contributed by atoms with Crippen LogP contribution in [0, 0.1) is 0 Å². The van der Waals surface area contributed by atoms with E-state index in [1.54, 1.807) is 6.07 Å². The molecule has 4 nitrogen and oxygen atoms in total. The molecule has 7 heteroatoms. The SMILES string of the molecule is CCCNCCS(=O)(=O)Nc1cc(Cl)cc(Cl)c1. The minimum Gasteiger partial charge on any atom is -0.316 e. The fourth-order valence-electron chi connectivity index (χ4n) is 1.35. The smallest absolute Gasteiger partial charge is 0.233 e. The third-order valence-corrected chi connectivity index (χ3v) is 3.83. The summed E-state index contributed by atoms with van der Waals surface area (Å²) < 4.78 is 25.9. The zero-order chi connectivity index (χ0) is 13.6. The van der Waals surface area contributed by atoms with Crippen molar-refractivity contribution >= 4 is 38.9 Å². The Hall–Kier alpha value is -0.490. The summed E-state index contributed by atoms with van der Waals surface area (Å²) in [6, 6.07) is 4.58. The van der Waals surface area contributed by atoms with E-state index in [0.717, 1.165) is 13.0 Å². The quantitative estimate of drug-likeness (QED) is 0.761. The Balaban J connectivity index is 2.59. The molecule has 0 bridgehead atoms. The molecule has 0 spiro atoms. The Bertz CT molecular complexity index is 472. The van der Waals surface area contributed by atoms with E-state index in [0.29, 0.717) is 22.3 Å². The van der Waals surface area contributed by atoms with E-state index in [1.165, 1.54) is 12.1 Å². The van der Waals surface area contributed by atoms with Crippen LogP contribution in [0.4, 0.5) is 5.69 Å². The van der Waals surface area contributed by atoms with Crippen molar-refractivity contribution in [3.63, 3.8) is 0 Å². The summed E-state index contributed by atoms with van der Waals surface area (Å²) in [6.45, 7) is 3.24. The molecule has 0 amide bonds. The van der Waals surface area contributed by atoms with Gasteiger partial charge in [-0.2, -0.15) is 0 Å². The van der Waals surface area contributed by atoms with Crippen molar-refractivity contribution in [2.24, 2.45) is 0 Å². The molecular formula is C11H16Cl2N2O2S. The van der Waals surface area contributed by atoms with Gasteiger partial charge in [0, 0.05) is 16.6 Å². The molecule has 0 saturated heterocycles. The number of anilines is 1. The van der Waals surface area contributed by atoms with Gasteiger partial charge in [-0.25, -0.2) is 8.42 Å². The number of nitrogens with one attached hydrogen (secondary N) is 2. The molecule has 0 unspecified atom stereocenters. The molecule has 1 rings (SSSR count). The normalized spacial score (nSPS) is 11.5. The number of rotatable bonds is 7. The lowest BCUT2D eigenvalue weighted by Crippen LogP contribution is -2.27. The summed E-state index contributed by atoms with van der Waals surface area (Å²) in [5.74, 6) is 0.0110. The molecule has 0 heterocycles. The first-order valence-corrected chi connectivity index (χ1v) is 8.01. The van der Waals surface area contributed by atoms with Crippen molar-refractivity contribution in [2.75, 3.05) is 23.6 Å². The van der Waals surface area contributed by atoms with Crippen molar-refractivity contribution in [3.8, 4) is 0 Å². The fraction of sp³-hybridized carbons (Fsp3) is 0.455. The van der Waals surface area contributed by atoms with Crippen LogP contribution in [0.15, 0.2) is 18.2 Å². The minimum atomic E-state index is -3.38. The van der Waals surface area contributed by atoms with Crippen LogP contribution >= 0.6 is 23.2 Å². The Kier molecular flexibility index (Phi) is 6.21. The predicted molar refractivity (Wildman–Crippen MR) is 77.0 cm³/mol. The Morgan fingerprint density at radius 1 is 1.11 bits per heavy atom. The predicted octanol–water partition coefficient (Wildman–Crippen LogP) is 2.73. The number of halogens is 2. The second-order valence-electron chi connectivity index (χ2n) is 3.83. The summed E-state index contributed by atoms with van der Waals surface area (Å²) in [5, 5.41) is 3.81. The fourth-order valence-corrected chi connectivity index (χ4v) is 2.87. The van der Waals surface area contributed by atoms with Crippen molar-refractivity contribution in [1.82, 2.24) is 5.32 Å². The third kappa shape index (κ3) is 5.91. The highest BCUT2D eigenvalue weighted by molar-refractivity contribution is 7.92. The lowest BCUT2D eigenvalue weighted by Gasteiger charge is -2.09. The van der Waals surface area contributed by atoms with Crippen molar-refractivity contribution in [1.29, 1.82) is 0 Å². The molecule has 0 aliphatic rings. The zero-order valence-electron chi connectivity index (χ0n) is 10.0. The van der Waals surface area contributed by atoms with Crippen LogP contribution < -0.4 is 10.0 Å². The monoisotopic (exact) mass is 310 g/mol. The van der Waals surface area contributed by atoms with Gasteiger partial charge in [-0.1, -0.05) is 30.1 Å². The van der Waals surface area contributed by atoms with Crippen LogP contribution in [0.2, 0.25) is 10.0 Å². The maximum atomic E-state index is 11.7. The van der Waals surface area contributed by atoms with E-state index in [2.05, 4.69) is 10.0 Å². The Labute approximate surface area is 118 Å². The van der Waals surface area contributed by atoms with Crippen LogP contribution in [0.5, 0.6) is 0 Å². The van der Waals surface area contributed by atoms with Gasteiger partial charge in [0.1, 0.15) is 0 Å². The van der Waals surface area contributed by atoms with Gasteiger partial charge < -0.3 is 5.32 Å². The van der Waals surface area contributed by atoms with Crippen LogP contribution in [0.25, 0.3) is 0 Å². The number of benzene rings is 1. The Morgan fingerprint density at radius 2 is 1.72 bits per heavy atom. The van der Waals surface area contributed by atoms with Crippen molar-refractivity contribution in [2.45, 2.75) is 13.3 Å². The standard InChI is InChI=1S/C11H16Cl2N2O2S/c1-2-3-14-4-5-18(16,17)15-11-7-9(12)6-10(13)8-11/h6-8,14-15H,2-5H2,1H3. The van der Waals surface area contributed by atoms with Crippen LogP contribution in [0.3, 0.4) is 0 Å². The molecule has 18 heavy (non-hydrogen) atoms. The third-order valence-electron chi connectivity index (χ3n) is 2.11. The lowest BCUT2D eigenvalue weighted by molar-refractivity contribution is 0.595. The summed E-state index contributed by atoms with van der Waals surface area (Å²) in [6.07, 6.45) is 0.970. The summed E-state index contributed by atoms with van der Waals surface area (Å²) in [7, 11) is -3.38. The molecule has 0 fully saturated rings. The highest BCUT2D eigenvalue weighted by Gasteiger charge is 2.10. The van der Waals surface area contributed by atoms with Gasteiger partial charge in [0.2, 0.25) is 10.0 Å². The first-order valence-electron chi connectivity index (χ1n) is 5.60. The average Bonchev–Trinajstić information content (AvgIpc) is 2.22. The van der Waals surface area contributed by atoms with Crippen molar-refractivity contribution in [3.05, 3.63) is 28.2 Å². The van der Waals surface area contributed by atoms with Gasteiger partial charge in [0.25, 0.3) is 0 Å². The topological polar surface area (TPSA) is 58.2 Å². The highest BCUT2D eigenvalue weighted by atomic mass is 35.5. The molecule has 0 atom stereocenters. The van der Waals surface area contributed by atoms with E-state index in [-0.39, 0.29) is 5.75 Å². The van der Waals surface area contributed by atoms with E-state index < -0.39 is 10.0 Å². The van der Waals surface area contributed by atoms with E-state index in [1.807, 2.05) is 6.92 Å². The molecule has 0 saturated carbocycles. The molecule has 102 valence electrons. The van der Waals surface area contributed by atoms with Gasteiger partial charge >= 0.3 is 0 Å². The molecule has 2 N–H and O–H groups in total. The number of sulfonamides is 1. The molecule has 0 aromatic heterocycles. The van der Waals surface area contributed by atoms with Gasteiger partial charge in [0.15, 0.2) is 0 Å². The maximum Gasteiger partial charge on any atom is 0.233 e. The second-order valence-corrected chi connectivity index (χ2v) is 6.54. The highest BCUT2D eigenvalue weighted by Crippen LogP contribution is 2.23. The molecule has 0 aliphatic carbocycles. The second kappa shape index (κ2) is 7.19. The molecule has 0 aliphatic heterocycles. The first kappa shape index (κ1) is 15.6. The van der Waals surface area contributed by atoms with Gasteiger partial charge in [-0.3, -0.25) is 4.72 Å². The van der Waals surface area contributed by atoms with E-state index in [9.17, 15) is 8.42 Å². The Morgan fingerprint density at radius 3 is 2.28 bits per heavy atom.